The van der Waals surface area contributed by atoms with Crippen LogP contribution in [0.3, 0.4) is 0 Å². The summed E-state index contributed by atoms with van der Waals surface area (Å²) >= 11 is 2.20. The van der Waals surface area contributed by atoms with E-state index in [-0.39, 0.29) is 0 Å². The Hall–Kier alpha value is -1.17. The first-order valence-electron chi connectivity index (χ1n) is 9.57. The maximum atomic E-state index is 5.32. The summed E-state index contributed by atoms with van der Waals surface area (Å²) in [6.45, 7) is 9.32. The zero-order valence-electron chi connectivity index (χ0n) is 16.1. The van der Waals surface area contributed by atoms with Gasteiger partial charge in [-0.05, 0) is 26.7 Å². The Morgan fingerprint density at radius 2 is 2.12 bits per heavy atom. The molecule has 2 heterocycles. The van der Waals surface area contributed by atoms with E-state index in [1.54, 1.807) is 0 Å². The van der Waals surface area contributed by atoms with Crippen LogP contribution < -0.4 is 5.32 Å². The van der Waals surface area contributed by atoms with Crippen molar-refractivity contribution in [3.8, 4) is 0 Å². The van der Waals surface area contributed by atoms with Crippen molar-refractivity contribution in [1.29, 1.82) is 0 Å². The van der Waals surface area contributed by atoms with E-state index in [2.05, 4.69) is 39.1 Å². The molecule has 1 atom stereocenters. The van der Waals surface area contributed by atoms with E-state index in [0.29, 0.717) is 10.7 Å². The minimum absolute atomic E-state index is 0.353. The van der Waals surface area contributed by atoms with Gasteiger partial charge in [0.05, 0.1) is 5.69 Å². The van der Waals surface area contributed by atoms with Crippen LogP contribution in [-0.2, 0) is 0 Å². The number of hydrogen-bond acceptors (Lipinski definition) is 4. The molecule has 6 heteroatoms. The number of nitrogens with zero attached hydrogens (tertiary/aromatic N) is 3. The lowest BCUT2D eigenvalue weighted by Crippen LogP contribution is -2.53. The Kier molecular flexibility index (Phi) is 5.97. The van der Waals surface area contributed by atoms with Gasteiger partial charge in [0, 0.05) is 48.7 Å². The highest BCUT2D eigenvalue weighted by Gasteiger charge is 2.38. The number of aryl methyl sites for hydroxylation is 2. The van der Waals surface area contributed by atoms with Crippen molar-refractivity contribution in [3.63, 3.8) is 0 Å². The molecule has 1 spiro atoms. The molecule has 0 aromatic carbocycles. The Labute approximate surface area is 156 Å². The summed E-state index contributed by atoms with van der Waals surface area (Å²) in [5, 5.41) is 7.69. The zero-order chi connectivity index (χ0) is 17.9. The first kappa shape index (κ1) is 18.6. The van der Waals surface area contributed by atoms with Gasteiger partial charge in [0.2, 0.25) is 0 Å². The Morgan fingerprint density at radius 1 is 1.36 bits per heavy atom. The lowest BCUT2D eigenvalue weighted by Gasteiger charge is -2.45. The molecule has 1 saturated heterocycles. The van der Waals surface area contributed by atoms with E-state index in [0.717, 1.165) is 37.0 Å². The molecule has 140 valence electrons. The van der Waals surface area contributed by atoms with Crippen LogP contribution in [0.15, 0.2) is 9.52 Å². The zero-order valence-corrected chi connectivity index (χ0v) is 16.9. The first-order valence-corrected chi connectivity index (χ1v) is 10.6. The molecule has 0 radical (unpaired) electrons. The summed E-state index contributed by atoms with van der Waals surface area (Å²) in [5.74, 6) is 3.53. The number of guanidine groups is 1. The van der Waals surface area contributed by atoms with E-state index in [1.165, 1.54) is 43.4 Å². The topological polar surface area (TPSA) is 53.7 Å². The van der Waals surface area contributed by atoms with E-state index >= 15 is 0 Å². The highest BCUT2D eigenvalue weighted by Crippen LogP contribution is 2.42. The van der Waals surface area contributed by atoms with Crippen molar-refractivity contribution in [2.24, 2.45) is 4.99 Å². The van der Waals surface area contributed by atoms with Gasteiger partial charge in [-0.2, -0.15) is 11.8 Å². The third-order valence-corrected chi connectivity index (χ3v) is 7.21. The smallest absolute Gasteiger partial charge is 0.193 e. The SMILES string of the molecule is CN=C(NCC(C)c1c(C)noc1C)N1CCSC2(CCCCC2)C1. The van der Waals surface area contributed by atoms with Gasteiger partial charge in [0.15, 0.2) is 5.96 Å². The number of aliphatic imine (C=N–C) groups is 1. The Morgan fingerprint density at radius 3 is 2.76 bits per heavy atom. The molecule has 0 bridgehead atoms. The molecule has 3 rings (SSSR count). The molecule has 1 aromatic heterocycles. The number of hydrogen-bond donors (Lipinski definition) is 1. The molecular formula is C19H32N4OS. The van der Waals surface area contributed by atoms with Gasteiger partial charge in [0.1, 0.15) is 5.76 Å². The van der Waals surface area contributed by atoms with Crippen molar-refractivity contribution >= 4 is 17.7 Å². The van der Waals surface area contributed by atoms with Crippen LogP contribution in [-0.4, -0.2) is 53.2 Å². The average molecular weight is 365 g/mol. The lowest BCUT2D eigenvalue weighted by molar-refractivity contribution is 0.293. The average Bonchev–Trinajstić information content (AvgIpc) is 2.95. The van der Waals surface area contributed by atoms with Crippen molar-refractivity contribution in [1.82, 2.24) is 15.4 Å². The molecule has 1 aliphatic heterocycles. The largest absolute Gasteiger partial charge is 0.361 e. The number of rotatable bonds is 3. The molecule has 25 heavy (non-hydrogen) atoms. The number of nitrogens with one attached hydrogen (secondary N) is 1. The third kappa shape index (κ3) is 4.15. The lowest BCUT2D eigenvalue weighted by atomic mass is 9.87. The van der Waals surface area contributed by atoms with Crippen molar-refractivity contribution < 1.29 is 4.52 Å². The van der Waals surface area contributed by atoms with Crippen molar-refractivity contribution in [3.05, 3.63) is 17.0 Å². The Balaban J connectivity index is 1.61. The second-order valence-electron chi connectivity index (χ2n) is 7.58. The normalized spacial score (nSPS) is 22.2. The van der Waals surface area contributed by atoms with E-state index in [4.69, 9.17) is 4.52 Å². The van der Waals surface area contributed by atoms with Gasteiger partial charge in [-0.1, -0.05) is 31.3 Å². The predicted octanol–water partition coefficient (Wildman–Crippen LogP) is 3.72. The minimum atomic E-state index is 0.353. The third-order valence-electron chi connectivity index (χ3n) is 5.67. The van der Waals surface area contributed by atoms with Gasteiger partial charge in [-0.15, -0.1) is 0 Å². The summed E-state index contributed by atoms with van der Waals surface area (Å²) in [6.07, 6.45) is 6.90. The molecule has 0 amide bonds. The summed E-state index contributed by atoms with van der Waals surface area (Å²) in [7, 11) is 1.90. The van der Waals surface area contributed by atoms with Gasteiger partial charge >= 0.3 is 0 Å². The molecule has 2 aliphatic rings. The standard InChI is InChI=1S/C19H32N4OS/c1-14(17-15(2)22-24-16(17)3)12-21-18(20-4)23-10-11-25-19(13-23)8-6-5-7-9-19/h14H,5-13H2,1-4H3,(H,20,21). The van der Waals surface area contributed by atoms with Crippen LogP contribution >= 0.6 is 11.8 Å². The second kappa shape index (κ2) is 8.02. The van der Waals surface area contributed by atoms with Gasteiger partial charge in [0.25, 0.3) is 0 Å². The predicted molar refractivity (Wildman–Crippen MR) is 106 cm³/mol. The van der Waals surface area contributed by atoms with Crippen LogP contribution in [0.1, 0.15) is 62.0 Å². The Bertz CT molecular complexity index is 582. The number of thioether (sulfide) groups is 1. The molecule has 1 aromatic rings. The molecule has 1 N–H and O–H groups in total. The van der Waals surface area contributed by atoms with Gasteiger partial charge in [-0.3, -0.25) is 4.99 Å². The van der Waals surface area contributed by atoms with Crippen molar-refractivity contribution in [2.75, 3.05) is 32.4 Å². The fraction of sp³-hybridized carbons (Fsp3) is 0.789. The fourth-order valence-corrected chi connectivity index (χ4v) is 5.97. The van der Waals surface area contributed by atoms with Crippen molar-refractivity contribution in [2.45, 2.75) is 63.5 Å². The quantitative estimate of drug-likeness (QED) is 0.654. The molecule has 1 aliphatic carbocycles. The molecule has 2 fully saturated rings. The van der Waals surface area contributed by atoms with Crippen LogP contribution in [0.2, 0.25) is 0 Å². The molecule has 1 saturated carbocycles. The molecule has 1 unspecified atom stereocenters. The highest BCUT2D eigenvalue weighted by atomic mass is 32.2. The van der Waals surface area contributed by atoms with E-state index in [9.17, 15) is 0 Å². The maximum absolute atomic E-state index is 5.32. The second-order valence-corrected chi connectivity index (χ2v) is 9.14. The molecular weight excluding hydrogens is 332 g/mol. The monoisotopic (exact) mass is 364 g/mol. The first-order chi connectivity index (χ1) is 12.0. The summed E-state index contributed by atoms with van der Waals surface area (Å²) in [5.41, 5.74) is 2.22. The van der Waals surface area contributed by atoms with Gasteiger partial charge < -0.3 is 14.7 Å². The minimum Gasteiger partial charge on any atom is -0.361 e. The van der Waals surface area contributed by atoms with E-state index in [1.807, 2.05) is 20.9 Å². The molecule has 5 nitrogen and oxygen atoms in total. The van der Waals surface area contributed by atoms with Crippen LogP contribution in [0, 0.1) is 13.8 Å². The van der Waals surface area contributed by atoms with E-state index < -0.39 is 0 Å². The summed E-state index contributed by atoms with van der Waals surface area (Å²) in [6, 6.07) is 0. The van der Waals surface area contributed by atoms with Crippen LogP contribution in [0.4, 0.5) is 0 Å². The van der Waals surface area contributed by atoms with Crippen LogP contribution in [0.25, 0.3) is 0 Å². The maximum Gasteiger partial charge on any atom is 0.193 e. The highest BCUT2D eigenvalue weighted by molar-refractivity contribution is 8.00. The van der Waals surface area contributed by atoms with Crippen LogP contribution in [0.5, 0.6) is 0 Å². The summed E-state index contributed by atoms with van der Waals surface area (Å²) in [4.78, 5) is 7.05. The number of aromatic nitrogens is 1. The summed E-state index contributed by atoms with van der Waals surface area (Å²) < 4.78 is 5.78. The fourth-order valence-electron chi connectivity index (χ4n) is 4.40. The van der Waals surface area contributed by atoms with Gasteiger partial charge in [-0.25, -0.2) is 0 Å².